The van der Waals surface area contributed by atoms with Gasteiger partial charge in [-0.25, -0.2) is 0 Å². The quantitative estimate of drug-likeness (QED) is 0.426. The van der Waals surface area contributed by atoms with E-state index in [1.165, 1.54) is 14.2 Å². The molecule has 0 saturated heterocycles. The van der Waals surface area contributed by atoms with Gasteiger partial charge in [-0.2, -0.15) is 0 Å². The van der Waals surface area contributed by atoms with Gasteiger partial charge < -0.3 is 9.05 Å². The van der Waals surface area contributed by atoms with E-state index in [0.717, 1.165) is 0 Å². The van der Waals surface area contributed by atoms with Gasteiger partial charge in [0, 0.05) is 14.2 Å². The van der Waals surface area contributed by atoms with Crippen LogP contribution in [0.2, 0.25) is 6.82 Å². The van der Waals surface area contributed by atoms with E-state index < -0.39 is 7.47 Å². The van der Waals surface area contributed by atoms with Gasteiger partial charge in [0.1, 0.15) is 0 Å². The molecule has 0 bridgehead atoms. The van der Waals surface area contributed by atoms with Crippen LogP contribution in [-0.2, 0) is 13.6 Å². The smallest absolute Gasteiger partial charge is 0.274 e. The molecular weight excluding hydrogens is 126 g/mol. The van der Waals surface area contributed by atoms with Crippen LogP contribution in [0.25, 0.3) is 0 Å². The minimum absolute atomic E-state index is 0.431. The van der Waals surface area contributed by atoms with E-state index in [1.807, 2.05) is 0 Å². The van der Waals surface area contributed by atoms with Gasteiger partial charge in [0.2, 0.25) is 0 Å². The maximum atomic E-state index is 10.9. The lowest BCUT2D eigenvalue weighted by Crippen LogP contribution is -1.92. The summed E-state index contributed by atoms with van der Waals surface area (Å²) in [4.78, 5) is 0. The molecule has 0 saturated carbocycles. The molecule has 0 fully saturated rings. The summed E-state index contributed by atoms with van der Waals surface area (Å²) in [6.45, 7) is 2.19. The Morgan fingerprint density at radius 3 is 1.75 bits per heavy atom. The van der Waals surface area contributed by atoms with Crippen molar-refractivity contribution in [2.45, 2.75) is 6.82 Å². The van der Waals surface area contributed by atoms with E-state index >= 15 is 0 Å². The minimum atomic E-state index is -2.66. The Bertz CT molecular complexity index is 85.7. The van der Waals surface area contributed by atoms with Gasteiger partial charge in [0.15, 0.2) is 0 Å². The van der Waals surface area contributed by atoms with E-state index in [2.05, 4.69) is 9.05 Å². The second-order valence-corrected chi connectivity index (χ2v) is 3.88. The van der Waals surface area contributed by atoms with E-state index in [-0.39, 0.29) is 0 Å². The molecule has 0 N–H and O–H groups in total. The van der Waals surface area contributed by atoms with E-state index in [4.69, 9.17) is 0 Å². The van der Waals surface area contributed by atoms with Crippen LogP contribution in [0.1, 0.15) is 0 Å². The molecule has 0 aliphatic rings. The normalized spacial score (nSPS) is 11.4. The fourth-order valence-electron chi connectivity index (χ4n) is 0.333. The van der Waals surface area contributed by atoms with Crippen LogP contribution in [0.15, 0.2) is 0 Å². The first-order chi connectivity index (χ1) is 3.68. The van der Waals surface area contributed by atoms with Crippen molar-refractivity contribution in [2.75, 3.05) is 14.2 Å². The van der Waals surface area contributed by atoms with E-state index in [0.29, 0.717) is 7.00 Å². The first-order valence-corrected chi connectivity index (χ1v) is 4.12. The SMILES string of the molecule is CBP(=O)(OC)OC. The molecule has 0 aromatic heterocycles. The highest BCUT2D eigenvalue weighted by atomic mass is 31.2. The van der Waals surface area contributed by atoms with Crippen molar-refractivity contribution >= 4 is 14.5 Å². The lowest BCUT2D eigenvalue weighted by molar-refractivity contribution is 0.293. The predicted molar refractivity (Wildman–Crippen MR) is 34.6 cm³/mol. The van der Waals surface area contributed by atoms with Gasteiger partial charge in [-0.15, -0.1) is 0 Å². The van der Waals surface area contributed by atoms with Gasteiger partial charge in [0.05, 0.1) is 0 Å². The van der Waals surface area contributed by atoms with Crippen molar-refractivity contribution in [1.82, 2.24) is 0 Å². The zero-order valence-corrected chi connectivity index (χ0v) is 6.27. The van der Waals surface area contributed by atoms with Crippen LogP contribution < -0.4 is 0 Å². The highest BCUT2D eigenvalue weighted by Crippen LogP contribution is 2.43. The third-order valence-corrected chi connectivity index (χ3v) is 2.83. The molecule has 0 unspecified atom stereocenters. The fraction of sp³-hybridized carbons (Fsp3) is 1.00. The largest absolute Gasteiger partial charge is 0.320 e. The Morgan fingerprint density at radius 2 is 1.75 bits per heavy atom. The summed E-state index contributed by atoms with van der Waals surface area (Å²) < 4.78 is 20.0. The molecule has 0 spiro atoms. The van der Waals surface area contributed by atoms with Crippen molar-refractivity contribution in [1.29, 1.82) is 0 Å². The Balaban J connectivity index is 3.79. The Kier molecular flexibility index (Phi) is 3.37. The molecule has 0 aromatic rings. The third kappa shape index (κ3) is 1.99. The molecule has 48 valence electrons. The van der Waals surface area contributed by atoms with Crippen LogP contribution in [0.5, 0.6) is 0 Å². The van der Waals surface area contributed by atoms with Gasteiger partial charge in [0.25, 0.3) is 14.5 Å². The van der Waals surface area contributed by atoms with E-state index in [1.54, 1.807) is 6.82 Å². The zero-order valence-electron chi connectivity index (χ0n) is 5.38. The molecule has 0 amide bonds. The average molecular weight is 136 g/mol. The molecule has 0 atom stereocenters. The van der Waals surface area contributed by atoms with Crippen LogP contribution in [0.4, 0.5) is 0 Å². The Labute approximate surface area is 50.1 Å². The first kappa shape index (κ1) is 8.21. The van der Waals surface area contributed by atoms with Gasteiger partial charge >= 0.3 is 0 Å². The third-order valence-electron chi connectivity index (χ3n) is 0.944. The summed E-state index contributed by atoms with van der Waals surface area (Å²) in [6, 6.07) is 0. The topological polar surface area (TPSA) is 35.5 Å². The summed E-state index contributed by atoms with van der Waals surface area (Å²) in [7, 11) is 0.103. The van der Waals surface area contributed by atoms with Gasteiger partial charge in [-0.3, -0.25) is 4.57 Å². The number of hydrogen-bond donors (Lipinski definition) is 0. The average Bonchev–Trinajstić information content (AvgIpc) is 1.87. The van der Waals surface area contributed by atoms with Crippen molar-refractivity contribution in [3.8, 4) is 0 Å². The number of hydrogen-bond acceptors (Lipinski definition) is 3. The maximum absolute atomic E-state index is 10.9. The molecule has 0 rings (SSSR count). The summed E-state index contributed by atoms with van der Waals surface area (Å²) in [5.74, 6) is 0. The molecule has 8 heavy (non-hydrogen) atoms. The first-order valence-electron chi connectivity index (χ1n) is 2.39. The summed E-state index contributed by atoms with van der Waals surface area (Å²) in [5.41, 5.74) is 0. The van der Waals surface area contributed by atoms with Crippen molar-refractivity contribution in [2.24, 2.45) is 0 Å². The zero-order chi connectivity index (χ0) is 6.62. The highest BCUT2D eigenvalue weighted by molar-refractivity contribution is 7.83. The lowest BCUT2D eigenvalue weighted by atomic mass is 10.2. The van der Waals surface area contributed by atoms with E-state index in [9.17, 15) is 4.57 Å². The van der Waals surface area contributed by atoms with Crippen molar-refractivity contribution in [3.05, 3.63) is 0 Å². The molecule has 0 heterocycles. The highest BCUT2D eigenvalue weighted by Gasteiger charge is 2.17. The van der Waals surface area contributed by atoms with Gasteiger partial charge in [-0.05, 0) is 0 Å². The second kappa shape index (κ2) is 3.28. The Hall–Kier alpha value is 0.215. The Morgan fingerprint density at radius 1 is 1.38 bits per heavy atom. The standard InChI is InChI=1S/C3H10BO3P/c1-4-8(5,6-2)7-3/h4H,1-3H3. The molecular formula is C3H10BO3P. The second-order valence-electron chi connectivity index (χ2n) is 1.29. The molecule has 0 radical (unpaired) electrons. The van der Waals surface area contributed by atoms with Crippen LogP contribution >= 0.6 is 7.47 Å². The van der Waals surface area contributed by atoms with Crippen molar-refractivity contribution < 1.29 is 13.6 Å². The maximum Gasteiger partial charge on any atom is 0.274 e. The molecule has 0 aliphatic heterocycles. The summed E-state index contributed by atoms with van der Waals surface area (Å²) in [6.07, 6.45) is 0. The minimum Gasteiger partial charge on any atom is -0.320 e. The predicted octanol–water partition coefficient (Wildman–Crippen LogP) is 0.872. The van der Waals surface area contributed by atoms with Crippen LogP contribution in [0, 0.1) is 0 Å². The number of rotatable bonds is 3. The molecule has 0 aliphatic carbocycles. The van der Waals surface area contributed by atoms with Crippen LogP contribution in [0.3, 0.4) is 0 Å². The van der Waals surface area contributed by atoms with Crippen molar-refractivity contribution in [3.63, 3.8) is 0 Å². The monoisotopic (exact) mass is 136 g/mol. The summed E-state index contributed by atoms with van der Waals surface area (Å²) in [5, 5.41) is 0. The fourth-order valence-corrected chi connectivity index (χ4v) is 0.998. The van der Waals surface area contributed by atoms with Crippen LogP contribution in [-0.4, -0.2) is 21.2 Å². The van der Waals surface area contributed by atoms with Gasteiger partial charge in [-0.1, -0.05) is 6.82 Å². The molecule has 5 heteroatoms. The summed E-state index contributed by atoms with van der Waals surface area (Å²) >= 11 is 0. The molecule has 3 nitrogen and oxygen atoms in total. The molecule has 0 aromatic carbocycles. The lowest BCUT2D eigenvalue weighted by Gasteiger charge is -2.08.